The average Bonchev–Trinajstić information content (AvgIpc) is 2.30. The number of hydrogen-bond acceptors (Lipinski definition) is 2. The van der Waals surface area contributed by atoms with E-state index in [1.165, 1.54) is 6.42 Å². The third kappa shape index (κ3) is 4.12. The number of esters is 1. The zero-order chi connectivity index (χ0) is 11.8. The molecule has 16 heavy (non-hydrogen) atoms. The first-order valence-corrected chi connectivity index (χ1v) is 6.60. The molecule has 0 spiro atoms. The van der Waals surface area contributed by atoms with E-state index < -0.39 is 0 Å². The molecule has 2 atom stereocenters. The molecule has 0 amide bonds. The van der Waals surface area contributed by atoms with Crippen LogP contribution in [0.5, 0.6) is 0 Å². The quantitative estimate of drug-likeness (QED) is 0.516. The van der Waals surface area contributed by atoms with Gasteiger partial charge in [-0.05, 0) is 31.6 Å². The zero-order valence-corrected chi connectivity index (χ0v) is 10.3. The van der Waals surface area contributed by atoms with E-state index in [4.69, 9.17) is 10.5 Å². The molecule has 3 heteroatoms. The van der Waals surface area contributed by atoms with Crippen LogP contribution in [0.4, 0.5) is 0 Å². The highest BCUT2D eigenvalue weighted by Crippen LogP contribution is 2.33. The van der Waals surface area contributed by atoms with Crippen LogP contribution in [0.2, 0.25) is 0 Å². The van der Waals surface area contributed by atoms with Gasteiger partial charge in [0.2, 0.25) is 0 Å². The summed E-state index contributed by atoms with van der Waals surface area (Å²) in [6, 6.07) is 0. The Bertz CT molecular complexity index is 204. The summed E-state index contributed by atoms with van der Waals surface area (Å²) in [4.78, 5) is 11.9. The van der Waals surface area contributed by atoms with Crippen LogP contribution in [-0.2, 0) is 9.53 Å². The Morgan fingerprint density at radius 1 is 1.38 bits per heavy atom. The molecule has 0 bridgehead atoms. The van der Waals surface area contributed by atoms with Crippen LogP contribution < -0.4 is 5.73 Å². The van der Waals surface area contributed by atoms with E-state index in [2.05, 4.69) is 6.92 Å². The van der Waals surface area contributed by atoms with Crippen LogP contribution in [0.15, 0.2) is 0 Å². The molecule has 0 aromatic heterocycles. The van der Waals surface area contributed by atoms with Gasteiger partial charge in [0.15, 0.2) is 0 Å². The molecule has 2 unspecified atom stereocenters. The van der Waals surface area contributed by atoms with E-state index in [1.807, 2.05) is 0 Å². The van der Waals surface area contributed by atoms with Crippen molar-refractivity contribution < 1.29 is 9.53 Å². The summed E-state index contributed by atoms with van der Waals surface area (Å²) in [5, 5.41) is 0. The van der Waals surface area contributed by atoms with Crippen molar-refractivity contribution in [1.29, 1.82) is 0 Å². The number of hydrogen-bond donors (Lipinski definition) is 0. The van der Waals surface area contributed by atoms with Gasteiger partial charge in [0, 0.05) is 6.54 Å². The Morgan fingerprint density at radius 2 is 2.12 bits per heavy atom. The number of carbonyl (C=O) groups excluding carboxylic acids is 1. The molecule has 0 aromatic rings. The molecule has 1 N–H and O–H groups in total. The molecule has 1 radical (unpaired) electrons. The Hall–Kier alpha value is -0.570. The fraction of sp³-hybridized carbons (Fsp3) is 0.923. The van der Waals surface area contributed by atoms with Gasteiger partial charge in [-0.15, -0.1) is 0 Å². The van der Waals surface area contributed by atoms with Crippen LogP contribution in [0.3, 0.4) is 0 Å². The lowest BCUT2D eigenvalue weighted by molar-refractivity contribution is -0.152. The maximum atomic E-state index is 11.9. The molecule has 1 aliphatic carbocycles. The summed E-state index contributed by atoms with van der Waals surface area (Å²) >= 11 is 0. The summed E-state index contributed by atoms with van der Waals surface area (Å²) in [6.07, 6.45) is 7.30. The maximum absolute atomic E-state index is 11.9. The molecule has 1 saturated carbocycles. The Labute approximate surface area is 98.7 Å². The van der Waals surface area contributed by atoms with Crippen molar-refractivity contribution in [2.24, 2.45) is 11.8 Å². The second-order valence-corrected chi connectivity index (χ2v) is 4.71. The molecule has 1 rings (SSSR count). The van der Waals surface area contributed by atoms with Crippen LogP contribution in [0.1, 0.15) is 51.9 Å². The largest absolute Gasteiger partial charge is 0.465 e. The van der Waals surface area contributed by atoms with Gasteiger partial charge in [-0.25, -0.2) is 0 Å². The van der Waals surface area contributed by atoms with Gasteiger partial charge in [0.1, 0.15) is 0 Å². The van der Waals surface area contributed by atoms with Crippen LogP contribution in [-0.4, -0.2) is 19.1 Å². The number of rotatable bonds is 6. The predicted molar refractivity (Wildman–Crippen MR) is 63.9 cm³/mol. The average molecular weight is 226 g/mol. The summed E-state index contributed by atoms with van der Waals surface area (Å²) < 4.78 is 5.30. The lowest BCUT2D eigenvalue weighted by Gasteiger charge is -2.29. The topological polar surface area (TPSA) is 50.1 Å². The van der Waals surface area contributed by atoms with E-state index in [-0.39, 0.29) is 11.9 Å². The normalized spacial score (nSPS) is 25.4. The summed E-state index contributed by atoms with van der Waals surface area (Å²) in [5.74, 6) is 0.475. The molecule has 0 heterocycles. The van der Waals surface area contributed by atoms with Crippen molar-refractivity contribution in [3.05, 3.63) is 0 Å². The van der Waals surface area contributed by atoms with Crippen LogP contribution in [0.25, 0.3) is 0 Å². The summed E-state index contributed by atoms with van der Waals surface area (Å²) in [6.45, 7) is 3.10. The lowest BCUT2D eigenvalue weighted by atomic mass is 9.77. The number of unbranched alkanes of at least 4 members (excludes halogenated alkanes) is 1. The van der Waals surface area contributed by atoms with Crippen molar-refractivity contribution in [3.8, 4) is 0 Å². The second-order valence-electron chi connectivity index (χ2n) is 4.71. The molecule has 3 nitrogen and oxygen atoms in total. The van der Waals surface area contributed by atoms with Crippen molar-refractivity contribution in [2.75, 3.05) is 13.2 Å². The Balaban J connectivity index is 2.37. The molecule has 0 aliphatic heterocycles. The fourth-order valence-electron chi connectivity index (χ4n) is 2.47. The fourth-order valence-corrected chi connectivity index (χ4v) is 2.47. The molecule has 93 valence electrons. The van der Waals surface area contributed by atoms with Gasteiger partial charge < -0.3 is 4.74 Å². The first-order chi connectivity index (χ1) is 7.79. The number of ether oxygens (including phenoxy) is 1. The third-order valence-electron chi connectivity index (χ3n) is 3.47. The highest BCUT2D eigenvalue weighted by atomic mass is 16.5. The van der Waals surface area contributed by atoms with E-state index in [1.54, 1.807) is 0 Å². The molecule has 0 saturated heterocycles. The molecular formula is C13H24NO2. The van der Waals surface area contributed by atoms with Crippen molar-refractivity contribution >= 4 is 5.97 Å². The molecule has 1 fully saturated rings. The maximum Gasteiger partial charge on any atom is 0.309 e. The van der Waals surface area contributed by atoms with Gasteiger partial charge in [-0.1, -0.05) is 26.2 Å². The van der Waals surface area contributed by atoms with E-state index in [0.717, 1.165) is 38.5 Å². The minimum Gasteiger partial charge on any atom is -0.465 e. The van der Waals surface area contributed by atoms with Crippen LogP contribution in [0, 0.1) is 11.8 Å². The van der Waals surface area contributed by atoms with Gasteiger partial charge >= 0.3 is 5.97 Å². The van der Waals surface area contributed by atoms with Crippen molar-refractivity contribution in [3.63, 3.8) is 0 Å². The molecule has 0 aromatic carbocycles. The van der Waals surface area contributed by atoms with Gasteiger partial charge in [-0.3, -0.25) is 10.5 Å². The first-order valence-electron chi connectivity index (χ1n) is 6.60. The standard InChI is InChI=1S/C13H24NO2/c1-2-3-10-16-13(15)12-7-5-4-6-11(12)8-9-14/h11-12,14H,2-10H2,1H3. The summed E-state index contributed by atoms with van der Waals surface area (Å²) in [5.41, 5.74) is 7.29. The SMILES string of the molecule is CCCCOC(=O)C1CCCCC1CC[NH]. The smallest absolute Gasteiger partial charge is 0.309 e. The van der Waals surface area contributed by atoms with Crippen molar-refractivity contribution in [2.45, 2.75) is 51.9 Å². The Kier molecular flexibility index (Phi) is 6.46. The molecular weight excluding hydrogens is 202 g/mol. The third-order valence-corrected chi connectivity index (χ3v) is 3.47. The zero-order valence-electron chi connectivity index (χ0n) is 10.3. The Morgan fingerprint density at radius 3 is 2.81 bits per heavy atom. The predicted octanol–water partition coefficient (Wildman–Crippen LogP) is 2.81. The minimum absolute atomic E-state index is 0.00778. The van der Waals surface area contributed by atoms with Crippen molar-refractivity contribution in [1.82, 2.24) is 5.73 Å². The van der Waals surface area contributed by atoms with E-state index in [0.29, 0.717) is 19.1 Å². The number of nitrogens with one attached hydrogen (secondary N) is 1. The van der Waals surface area contributed by atoms with Gasteiger partial charge in [0.25, 0.3) is 0 Å². The highest BCUT2D eigenvalue weighted by Gasteiger charge is 2.31. The number of carbonyl (C=O) groups is 1. The van der Waals surface area contributed by atoms with E-state index >= 15 is 0 Å². The van der Waals surface area contributed by atoms with Gasteiger partial charge in [-0.2, -0.15) is 0 Å². The lowest BCUT2D eigenvalue weighted by Crippen LogP contribution is -2.29. The first kappa shape index (κ1) is 13.5. The van der Waals surface area contributed by atoms with E-state index in [9.17, 15) is 4.79 Å². The highest BCUT2D eigenvalue weighted by molar-refractivity contribution is 5.72. The monoisotopic (exact) mass is 226 g/mol. The minimum atomic E-state index is -0.00778. The molecule has 1 aliphatic rings. The van der Waals surface area contributed by atoms with Crippen LogP contribution >= 0.6 is 0 Å². The second kappa shape index (κ2) is 7.66. The van der Waals surface area contributed by atoms with Gasteiger partial charge in [0.05, 0.1) is 12.5 Å². The summed E-state index contributed by atoms with van der Waals surface area (Å²) in [7, 11) is 0.